The molecule has 2 aliphatic heterocycles. The lowest BCUT2D eigenvalue weighted by Gasteiger charge is -2.23. The van der Waals surface area contributed by atoms with E-state index in [0.717, 1.165) is 5.56 Å². The monoisotopic (exact) mass is 304 g/mol. The number of methoxy groups -OCH3 is 1. The van der Waals surface area contributed by atoms with E-state index in [4.69, 9.17) is 9.47 Å². The van der Waals surface area contributed by atoms with Gasteiger partial charge in [-0.25, -0.2) is 0 Å². The number of carbonyl (C=O) groups excluding carboxylic acids is 2. The molecule has 2 aliphatic rings. The van der Waals surface area contributed by atoms with E-state index in [1.165, 1.54) is 7.11 Å². The molecule has 0 spiro atoms. The lowest BCUT2D eigenvalue weighted by Crippen LogP contribution is -2.41. The summed E-state index contributed by atoms with van der Waals surface area (Å²) in [6.07, 6.45) is 4.58. The van der Waals surface area contributed by atoms with Crippen molar-refractivity contribution in [2.45, 2.75) is 12.8 Å². The van der Waals surface area contributed by atoms with E-state index in [0.29, 0.717) is 39.1 Å². The molecule has 2 saturated heterocycles. The number of aryl methyl sites for hydroxylation is 1. The number of esters is 1. The number of pyridine rings is 1. The van der Waals surface area contributed by atoms with Gasteiger partial charge in [0.05, 0.1) is 20.3 Å². The van der Waals surface area contributed by atoms with Crippen LogP contribution in [0.25, 0.3) is 0 Å². The topological polar surface area (TPSA) is 68.7 Å². The van der Waals surface area contributed by atoms with Crippen LogP contribution in [0.3, 0.4) is 0 Å². The first kappa shape index (κ1) is 15.0. The van der Waals surface area contributed by atoms with Gasteiger partial charge in [0.25, 0.3) is 0 Å². The largest absolute Gasteiger partial charge is 0.468 e. The molecule has 22 heavy (non-hydrogen) atoms. The van der Waals surface area contributed by atoms with Gasteiger partial charge in [-0.3, -0.25) is 14.6 Å². The maximum Gasteiger partial charge on any atom is 0.316 e. The number of carbonyl (C=O) groups is 2. The van der Waals surface area contributed by atoms with Crippen LogP contribution < -0.4 is 0 Å². The molecule has 0 radical (unpaired) electrons. The average Bonchev–Trinajstić information content (AvgIpc) is 3.11. The summed E-state index contributed by atoms with van der Waals surface area (Å²) < 4.78 is 10.4. The summed E-state index contributed by atoms with van der Waals surface area (Å²) in [5, 5.41) is 0. The van der Waals surface area contributed by atoms with Crippen LogP contribution in [0.4, 0.5) is 0 Å². The van der Waals surface area contributed by atoms with Crippen LogP contribution in [0.1, 0.15) is 12.0 Å². The van der Waals surface area contributed by atoms with Gasteiger partial charge in [0, 0.05) is 37.8 Å². The van der Waals surface area contributed by atoms with Crippen molar-refractivity contribution in [3.05, 3.63) is 30.1 Å². The highest BCUT2D eigenvalue weighted by molar-refractivity contribution is 5.82. The Bertz CT molecular complexity index is 563. The van der Waals surface area contributed by atoms with Gasteiger partial charge in [-0.15, -0.1) is 0 Å². The summed E-state index contributed by atoms with van der Waals surface area (Å²) in [5.41, 5.74) is 0.375. The summed E-state index contributed by atoms with van der Waals surface area (Å²) in [7, 11) is 1.39. The molecule has 2 atom stereocenters. The van der Waals surface area contributed by atoms with Gasteiger partial charge < -0.3 is 14.4 Å². The first-order valence-electron chi connectivity index (χ1n) is 7.48. The summed E-state index contributed by atoms with van der Waals surface area (Å²) >= 11 is 0. The number of hydrogen-bond acceptors (Lipinski definition) is 5. The molecule has 118 valence electrons. The number of aromatic nitrogens is 1. The molecule has 6 heteroatoms. The standard InChI is InChI=1S/C16H20N2O4/c1-21-15(20)16-10-18(8-13(16)9-22-11-16)14(19)5-4-12-3-2-6-17-7-12/h2-3,6-7,13H,4-5,8-11H2,1H3/t13-,16-/m0/s1. The van der Waals surface area contributed by atoms with Gasteiger partial charge in [-0.1, -0.05) is 6.07 Å². The molecule has 6 nitrogen and oxygen atoms in total. The molecule has 2 fully saturated rings. The van der Waals surface area contributed by atoms with Crippen LogP contribution >= 0.6 is 0 Å². The van der Waals surface area contributed by atoms with Crippen molar-refractivity contribution in [2.75, 3.05) is 33.4 Å². The molecule has 0 aromatic carbocycles. The second-order valence-corrected chi connectivity index (χ2v) is 6.00. The fraction of sp³-hybridized carbons (Fsp3) is 0.562. The summed E-state index contributed by atoms with van der Waals surface area (Å²) in [5.74, 6) is -0.151. The van der Waals surface area contributed by atoms with Crippen molar-refractivity contribution in [1.82, 2.24) is 9.88 Å². The van der Waals surface area contributed by atoms with E-state index in [-0.39, 0.29) is 17.8 Å². The van der Waals surface area contributed by atoms with Gasteiger partial charge in [0.1, 0.15) is 5.41 Å². The van der Waals surface area contributed by atoms with Crippen molar-refractivity contribution >= 4 is 11.9 Å². The van der Waals surface area contributed by atoms with E-state index in [9.17, 15) is 9.59 Å². The number of nitrogens with zero attached hydrogens (tertiary/aromatic N) is 2. The average molecular weight is 304 g/mol. The molecule has 3 rings (SSSR count). The Balaban J connectivity index is 1.62. The molecule has 0 saturated carbocycles. The van der Waals surface area contributed by atoms with E-state index < -0.39 is 5.41 Å². The highest BCUT2D eigenvalue weighted by atomic mass is 16.5. The first-order valence-corrected chi connectivity index (χ1v) is 7.48. The molecular weight excluding hydrogens is 284 g/mol. The van der Waals surface area contributed by atoms with E-state index in [1.807, 2.05) is 12.1 Å². The van der Waals surface area contributed by atoms with Crippen molar-refractivity contribution in [3.8, 4) is 0 Å². The number of ether oxygens (including phenoxy) is 2. The maximum absolute atomic E-state index is 12.4. The zero-order valence-electron chi connectivity index (χ0n) is 12.7. The van der Waals surface area contributed by atoms with Crippen molar-refractivity contribution in [3.63, 3.8) is 0 Å². The molecule has 0 N–H and O–H groups in total. The zero-order valence-corrected chi connectivity index (χ0v) is 12.7. The Labute approximate surface area is 129 Å². The first-order chi connectivity index (χ1) is 10.7. The fourth-order valence-corrected chi connectivity index (χ4v) is 3.37. The summed E-state index contributed by atoms with van der Waals surface area (Å²) in [6.45, 7) is 1.83. The van der Waals surface area contributed by atoms with E-state index in [1.54, 1.807) is 17.3 Å². The molecule has 1 aromatic rings. The summed E-state index contributed by atoms with van der Waals surface area (Å²) in [4.78, 5) is 30.4. The van der Waals surface area contributed by atoms with Crippen LogP contribution in [0.2, 0.25) is 0 Å². The number of fused-ring (bicyclic) bond motifs is 1. The third-order valence-electron chi connectivity index (χ3n) is 4.67. The van der Waals surface area contributed by atoms with Crippen LogP contribution in [-0.4, -0.2) is 55.2 Å². The molecule has 1 amide bonds. The number of rotatable bonds is 4. The normalized spacial score (nSPS) is 26.8. The lowest BCUT2D eigenvalue weighted by atomic mass is 9.81. The van der Waals surface area contributed by atoms with Gasteiger partial charge in [0.2, 0.25) is 5.91 Å². The number of amides is 1. The predicted octanol–water partition coefficient (Wildman–Crippen LogP) is 0.662. The smallest absolute Gasteiger partial charge is 0.316 e. The molecule has 1 aromatic heterocycles. The quantitative estimate of drug-likeness (QED) is 0.765. The van der Waals surface area contributed by atoms with Crippen LogP contribution in [0.5, 0.6) is 0 Å². The fourth-order valence-electron chi connectivity index (χ4n) is 3.37. The minimum Gasteiger partial charge on any atom is -0.468 e. The number of likely N-dealkylation sites (tertiary alicyclic amines) is 1. The Morgan fingerprint density at radius 1 is 1.55 bits per heavy atom. The minimum atomic E-state index is -0.668. The molecule has 3 heterocycles. The van der Waals surface area contributed by atoms with Crippen LogP contribution in [-0.2, 0) is 25.5 Å². The third-order valence-corrected chi connectivity index (χ3v) is 4.67. The van der Waals surface area contributed by atoms with E-state index in [2.05, 4.69) is 4.98 Å². The highest BCUT2D eigenvalue weighted by Gasteiger charge is 2.57. The number of hydrogen-bond donors (Lipinski definition) is 0. The second kappa shape index (κ2) is 6.04. The van der Waals surface area contributed by atoms with Crippen LogP contribution in [0.15, 0.2) is 24.5 Å². The molecule has 0 bridgehead atoms. The van der Waals surface area contributed by atoms with Crippen molar-refractivity contribution < 1.29 is 19.1 Å². The predicted molar refractivity (Wildman–Crippen MR) is 77.9 cm³/mol. The Morgan fingerprint density at radius 3 is 3.14 bits per heavy atom. The highest BCUT2D eigenvalue weighted by Crippen LogP contribution is 2.42. The lowest BCUT2D eigenvalue weighted by molar-refractivity contribution is -0.153. The van der Waals surface area contributed by atoms with Crippen molar-refractivity contribution in [1.29, 1.82) is 0 Å². The summed E-state index contributed by atoms with van der Waals surface area (Å²) in [6, 6.07) is 3.83. The SMILES string of the molecule is COC(=O)[C@@]12COC[C@@H]1CN(C(=O)CCc1cccnc1)C2. The second-order valence-electron chi connectivity index (χ2n) is 6.00. The molecular formula is C16H20N2O4. The van der Waals surface area contributed by atoms with Crippen LogP contribution in [0, 0.1) is 11.3 Å². The maximum atomic E-state index is 12.4. The van der Waals surface area contributed by atoms with Gasteiger partial charge in [-0.2, -0.15) is 0 Å². The Morgan fingerprint density at radius 2 is 2.41 bits per heavy atom. The van der Waals surface area contributed by atoms with Gasteiger partial charge in [-0.05, 0) is 18.1 Å². The van der Waals surface area contributed by atoms with Crippen molar-refractivity contribution in [2.24, 2.45) is 11.3 Å². The zero-order chi connectivity index (χ0) is 15.6. The Hall–Kier alpha value is -1.95. The third kappa shape index (κ3) is 2.59. The Kier molecular flexibility index (Phi) is 4.11. The van der Waals surface area contributed by atoms with E-state index >= 15 is 0 Å². The van der Waals surface area contributed by atoms with Gasteiger partial charge >= 0.3 is 5.97 Å². The minimum absolute atomic E-state index is 0.0438. The molecule has 0 unspecified atom stereocenters. The van der Waals surface area contributed by atoms with Gasteiger partial charge in [0.15, 0.2) is 0 Å². The molecule has 0 aliphatic carbocycles.